The highest BCUT2D eigenvalue weighted by atomic mass is 32.1. The Bertz CT molecular complexity index is 452. The van der Waals surface area contributed by atoms with Crippen molar-refractivity contribution in [1.29, 1.82) is 0 Å². The fourth-order valence-electron chi connectivity index (χ4n) is 2.64. The van der Waals surface area contributed by atoms with Crippen molar-refractivity contribution in [1.82, 2.24) is 0 Å². The summed E-state index contributed by atoms with van der Waals surface area (Å²) in [6.45, 7) is 7.72. The molecule has 0 spiro atoms. The Morgan fingerprint density at radius 2 is 2.12 bits per heavy atom. The molecule has 1 saturated heterocycles. The highest BCUT2D eigenvalue weighted by Crippen LogP contribution is 2.35. The van der Waals surface area contributed by atoms with E-state index < -0.39 is 0 Å². The third-order valence-corrected chi connectivity index (χ3v) is 3.83. The monoisotopic (exact) mass is 248 g/mol. The molecule has 1 aliphatic heterocycles. The molecular weight excluding hydrogens is 228 g/mol. The molecule has 92 valence electrons. The normalized spacial score (nSPS) is 18.4. The summed E-state index contributed by atoms with van der Waals surface area (Å²) < 4.78 is 0. The van der Waals surface area contributed by atoms with Crippen molar-refractivity contribution < 1.29 is 0 Å². The van der Waals surface area contributed by atoms with Crippen LogP contribution in [0.25, 0.3) is 0 Å². The van der Waals surface area contributed by atoms with Crippen LogP contribution in [0.5, 0.6) is 0 Å². The van der Waals surface area contributed by atoms with Crippen LogP contribution in [0.2, 0.25) is 0 Å². The number of rotatable bonds is 2. The second-order valence-electron chi connectivity index (χ2n) is 5.45. The highest BCUT2D eigenvalue weighted by Gasteiger charge is 2.33. The van der Waals surface area contributed by atoms with Crippen molar-refractivity contribution in [2.45, 2.75) is 39.2 Å². The molecule has 2 nitrogen and oxygen atoms in total. The summed E-state index contributed by atoms with van der Waals surface area (Å²) in [5, 5.41) is 0. The lowest BCUT2D eigenvalue weighted by Gasteiger charge is -2.35. The van der Waals surface area contributed by atoms with Gasteiger partial charge in [0.05, 0.1) is 0 Å². The minimum Gasteiger partial charge on any atom is -0.389 e. The van der Waals surface area contributed by atoms with Crippen LogP contribution in [0.1, 0.15) is 37.8 Å². The Labute approximate surface area is 109 Å². The molecule has 0 radical (unpaired) electrons. The summed E-state index contributed by atoms with van der Waals surface area (Å²) in [4.78, 5) is 2.92. The maximum atomic E-state index is 5.84. The Morgan fingerprint density at radius 1 is 1.41 bits per heavy atom. The summed E-state index contributed by atoms with van der Waals surface area (Å²) in [6, 6.07) is 6.37. The van der Waals surface area contributed by atoms with Crippen molar-refractivity contribution in [3.63, 3.8) is 0 Å². The van der Waals surface area contributed by atoms with Gasteiger partial charge in [0.15, 0.2) is 0 Å². The van der Waals surface area contributed by atoms with Crippen molar-refractivity contribution in [2.75, 3.05) is 11.4 Å². The summed E-state index contributed by atoms with van der Waals surface area (Å²) in [5.74, 6) is 0. The van der Waals surface area contributed by atoms with Gasteiger partial charge in [0.2, 0.25) is 0 Å². The van der Waals surface area contributed by atoms with Crippen LogP contribution in [-0.4, -0.2) is 17.1 Å². The fourth-order valence-corrected chi connectivity index (χ4v) is 2.80. The Kier molecular flexibility index (Phi) is 3.13. The third-order valence-electron chi connectivity index (χ3n) is 3.61. The van der Waals surface area contributed by atoms with E-state index in [0.717, 1.165) is 12.1 Å². The molecule has 0 aliphatic carbocycles. The molecule has 0 saturated carbocycles. The smallest absolute Gasteiger partial charge is 0.106 e. The van der Waals surface area contributed by atoms with Crippen molar-refractivity contribution in [3.8, 4) is 0 Å². The number of nitrogens with two attached hydrogens (primary N) is 1. The van der Waals surface area contributed by atoms with Gasteiger partial charge in [-0.1, -0.05) is 23.8 Å². The molecule has 1 heterocycles. The molecular formula is C14H20N2S. The van der Waals surface area contributed by atoms with E-state index in [1.165, 1.54) is 24.1 Å². The van der Waals surface area contributed by atoms with Crippen LogP contribution in [0.15, 0.2) is 18.2 Å². The maximum absolute atomic E-state index is 5.84. The molecule has 2 N–H and O–H groups in total. The number of benzene rings is 1. The van der Waals surface area contributed by atoms with Crippen LogP contribution in [0.4, 0.5) is 5.69 Å². The zero-order chi connectivity index (χ0) is 12.6. The molecule has 2 rings (SSSR count). The zero-order valence-electron chi connectivity index (χ0n) is 10.8. The predicted molar refractivity (Wildman–Crippen MR) is 77.7 cm³/mol. The Hall–Kier alpha value is -1.09. The van der Waals surface area contributed by atoms with Gasteiger partial charge in [-0.2, -0.15) is 0 Å². The lowest BCUT2D eigenvalue weighted by molar-refractivity contribution is 0.518. The highest BCUT2D eigenvalue weighted by molar-refractivity contribution is 7.80. The van der Waals surface area contributed by atoms with Gasteiger partial charge in [0.25, 0.3) is 0 Å². The standard InChI is InChI=1S/C14H20N2S/c1-10-5-6-12(11(9-10)13(15)17)16-8-4-7-14(16,2)3/h5-6,9H,4,7-8H2,1-3H3,(H2,15,17). The summed E-state index contributed by atoms with van der Waals surface area (Å²) in [6.07, 6.45) is 2.45. The predicted octanol–water partition coefficient (Wildman–Crippen LogP) is 3.01. The average molecular weight is 248 g/mol. The lowest BCUT2D eigenvalue weighted by Crippen LogP contribution is -2.39. The third kappa shape index (κ3) is 2.29. The molecule has 17 heavy (non-hydrogen) atoms. The topological polar surface area (TPSA) is 29.3 Å². The fraction of sp³-hybridized carbons (Fsp3) is 0.500. The molecule has 0 bridgehead atoms. The van der Waals surface area contributed by atoms with Crippen molar-refractivity contribution in [3.05, 3.63) is 29.3 Å². The maximum Gasteiger partial charge on any atom is 0.106 e. The van der Waals surface area contributed by atoms with Gasteiger partial charge in [-0.05, 0) is 45.7 Å². The minimum atomic E-state index is 0.203. The van der Waals surface area contributed by atoms with Crippen molar-refractivity contribution in [2.24, 2.45) is 5.73 Å². The Morgan fingerprint density at radius 3 is 2.65 bits per heavy atom. The van der Waals surface area contributed by atoms with Crippen LogP contribution in [0, 0.1) is 6.92 Å². The molecule has 0 unspecified atom stereocenters. The van der Waals surface area contributed by atoms with Crippen LogP contribution in [-0.2, 0) is 0 Å². The van der Waals surface area contributed by atoms with Gasteiger partial charge in [-0.15, -0.1) is 0 Å². The first-order chi connectivity index (χ1) is 7.92. The average Bonchev–Trinajstić information content (AvgIpc) is 2.58. The van der Waals surface area contributed by atoms with E-state index in [-0.39, 0.29) is 5.54 Å². The summed E-state index contributed by atoms with van der Waals surface area (Å²) in [7, 11) is 0. The van der Waals surface area contributed by atoms with Gasteiger partial charge in [0, 0.05) is 23.3 Å². The van der Waals surface area contributed by atoms with Gasteiger partial charge < -0.3 is 10.6 Å². The number of thiocarbonyl (C=S) groups is 1. The van der Waals surface area contributed by atoms with E-state index in [2.05, 4.69) is 43.9 Å². The molecule has 1 aromatic rings. The quantitative estimate of drug-likeness (QED) is 0.816. The zero-order valence-corrected chi connectivity index (χ0v) is 11.6. The molecule has 1 aromatic carbocycles. The molecule has 0 amide bonds. The number of hydrogen-bond acceptors (Lipinski definition) is 2. The van der Waals surface area contributed by atoms with Crippen LogP contribution in [0.3, 0.4) is 0 Å². The number of nitrogens with zero attached hydrogens (tertiary/aromatic N) is 1. The first-order valence-corrected chi connectivity index (χ1v) is 6.51. The van der Waals surface area contributed by atoms with E-state index in [0.29, 0.717) is 4.99 Å². The first-order valence-electron chi connectivity index (χ1n) is 6.10. The van der Waals surface area contributed by atoms with E-state index in [1.54, 1.807) is 0 Å². The van der Waals surface area contributed by atoms with Crippen molar-refractivity contribution >= 4 is 22.9 Å². The second kappa shape index (κ2) is 4.30. The summed E-state index contributed by atoms with van der Waals surface area (Å²) in [5.41, 5.74) is 9.44. The molecule has 0 atom stereocenters. The molecule has 1 aliphatic rings. The molecule has 3 heteroatoms. The van der Waals surface area contributed by atoms with Crippen LogP contribution < -0.4 is 10.6 Å². The number of hydrogen-bond donors (Lipinski definition) is 1. The second-order valence-corrected chi connectivity index (χ2v) is 5.89. The molecule has 0 aromatic heterocycles. The van der Waals surface area contributed by atoms with E-state index in [1.807, 2.05) is 0 Å². The number of anilines is 1. The van der Waals surface area contributed by atoms with Gasteiger partial charge >= 0.3 is 0 Å². The van der Waals surface area contributed by atoms with E-state index in [4.69, 9.17) is 18.0 Å². The first kappa shape index (κ1) is 12.4. The van der Waals surface area contributed by atoms with E-state index >= 15 is 0 Å². The van der Waals surface area contributed by atoms with Gasteiger partial charge in [-0.3, -0.25) is 0 Å². The van der Waals surface area contributed by atoms with Gasteiger partial charge in [-0.25, -0.2) is 0 Å². The van der Waals surface area contributed by atoms with E-state index in [9.17, 15) is 0 Å². The SMILES string of the molecule is Cc1ccc(N2CCCC2(C)C)c(C(N)=S)c1. The number of aryl methyl sites for hydroxylation is 1. The van der Waals surface area contributed by atoms with Crippen LogP contribution >= 0.6 is 12.2 Å². The Balaban J connectivity index is 2.48. The van der Waals surface area contributed by atoms with Gasteiger partial charge in [0.1, 0.15) is 4.99 Å². The largest absolute Gasteiger partial charge is 0.389 e. The minimum absolute atomic E-state index is 0.203. The summed E-state index contributed by atoms with van der Waals surface area (Å²) >= 11 is 5.17. The molecule has 1 fully saturated rings. The lowest BCUT2D eigenvalue weighted by atomic mass is 10.00.